The zero-order chi connectivity index (χ0) is 11.1. The summed E-state index contributed by atoms with van der Waals surface area (Å²) in [6.45, 7) is 8.76. The van der Waals surface area contributed by atoms with Gasteiger partial charge in [0.1, 0.15) is 0 Å². The zero-order valence-electron chi connectivity index (χ0n) is 10.1. The molecule has 0 aromatic rings. The molecule has 0 aromatic carbocycles. The van der Waals surface area contributed by atoms with Gasteiger partial charge >= 0.3 is 0 Å². The molecule has 0 spiro atoms. The normalized spacial score (nSPS) is 25.6. The highest BCUT2D eigenvalue weighted by atomic mass is 16.5. The molecule has 1 heterocycles. The molecule has 0 atom stereocenters. The maximum Gasteiger partial charge on any atom is 0.0668 e. The number of likely N-dealkylation sites (N-methyl/N-ethyl adjacent to an activating group) is 1. The molecule has 0 N–H and O–H groups in total. The number of hydroxylamine groups is 2. The predicted octanol–water partition coefficient (Wildman–Crippen LogP) is 1.69. The van der Waals surface area contributed by atoms with Gasteiger partial charge in [-0.2, -0.15) is 0 Å². The Morgan fingerprint density at radius 3 is 2.07 bits per heavy atom. The largest absolute Gasteiger partial charge is 0.305 e. The third kappa shape index (κ3) is 1.85. The average molecular weight is 197 g/mol. The first kappa shape index (κ1) is 11.7. The van der Waals surface area contributed by atoms with Crippen molar-refractivity contribution in [3.8, 4) is 0 Å². The summed E-state index contributed by atoms with van der Waals surface area (Å²) in [4.78, 5) is 2.10. The van der Waals surface area contributed by atoms with E-state index in [1.807, 2.05) is 41.8 Å². The lowest BCUT2D eigenvalue weighted by Crippen LogP contribution is -2.47. The molecule has 3 nitrogen and oxygen atoms in total. The summed E-state index contributed by atoms with van der Waals surface area (Å²) >= 11 is 0. The predicted molar refractivity (Wildman–Crippen MR) is 57.3 cm³/mol. The topological polar surface area (TPSA) is 26.4 Å². The second-order valence-electron chi connectivity index (χ2n) is 5.41. The Bertz CT molecular complexity index is 254. The molecule has 14 heavy (non-hydrogen) atoms. The Labute approximate surface area is 87.0 Å². The lowest BCUT2D eigenvalue weighted by Gasteiger charge is -2.34. The highest BCUT2D eigenvalue weighted by molar-refractivity contribution is 5.30. The Morgan fingerprint density at radius 1 is 1.29 bits per heavy atom. The van der Waals surface area contributed by atoms with Gasteiger partial charge in [-0.25, -0.2) is 0 Å². The highest BCUT2D eigenvalue weighted by Gasteiger charge is 2.46. The molecular formula is C11H21N2O. The highest BCUT2D eigenvalue weighted by Crippen LogP contribution is 2.38. The van der Waals surface area contributed by atoms with Crippen LogP contribution in [0.4, 0.5) is 0 Å². The van der Waals surface area contributed by atoms with E-state index in [4.69, 9.17) is 0 Å². The summed E-state index contributed by atoms with van der Waals surface area (Å²) in [6, 6.07) is 0. The SMILES string of the molecule is CN(C)CC1=CC(C)(C)N([O])C1(C)C. The van der Waals surface area contributed by atoms with Crippen molar-refractivity contribution in [1.29, 1.82) is 0 Å². The summed E-state index contributed by atoms with van der Waals surface area (Å²) in [7, 11) is 4.05. The van der Waals surface area contributed by atoms with E-state index >= 15 is 0 Å². The Kier molecular flexibility index (Phi) is 2.78. The van der Waals surface area contributed by atoms with E-state index in [0.29, 0.717) is 0 Å². The van der Waals surface area contributed by atoms with Gasteiger partial charge in [0.05, 0.1) is 11.1 Å². The molecule has 0 aromatic heterocycles. The van der Waals surface area contributed by atoms with Crippen LogP contribution in [0.1, 0.15) is 27.7 Å². The van der Waals surface area contributed by atoms with Gasteiger partial charge in [0, 0.05) is 6.54 Å². The molecule has 0 unspecified atom stereocenters. The molecule has 1 radical (unpaired) electrons. The van der Waals surface area contributed by atoms with Crippen molar-refractivity contribution in [2.45, 2.75) is 38.8 Å². The fourth-order valence-corrected chi connectivity index (χ4v) is 2.09. The minimum absolute atomic E-state index is 0.366. The van der Waals surface area contributed by atoms with E-state index in [1.54, 1.807) is 0 Å². The second-order valence-corrected chi connectivity index (χ2v) is 5.41. The van der Waals surface area contributed by atoms with Gasteiger partial charge in [0.15, 0.2) is 0 Å². The van der Waals surface area contributed by atoms with Gasteiger partial charge in [-0.3, -0.25) is 0 Å². The molecule has 0 saturated carbocycles. The first-order chi connectivity index (χ1) is 6.18. The third-order valence-electron chi connectivity index (χ3n) is 2.83. The van der Waals surface area contributed by atoms with Crippen molar-refractivity contribution < 1.29 is 5.21 Å². The van der Waals surface area contributed by atoms with Crippen LogP contribution in [-0.2, 0) is 5.21 Å². The molecule has 0 amide bonds. The van der Waals surface area contributed by atoms with Crippen LogP contribution in [0.15, 0.2) is 11.6 Å². The van der Waals surface area contributed by atoms with Gasteiger partial charge in [-0.05, 0) is 47.4 Å². The van der Waals surface area contributed by atoms with Crippen LogP contribution in [-0.4, -0.2) is 41.7 Å². The number of nitrogens with zero attached hydrogens (tertiary/aromatic N) is 2. The van der Waals surface area contributed by atoms with Crippen LogP contribution in [0.25, 0.3) is 0 Å². The van der Waals surface area contributed by atoms with Crippen LogP contribution in [0.2, 0.25) is 0 Å². The van der Waals surface area contributed by atoms with Crippen molar-refractivity contribution >= 4 is 0 Å². The maximum absolute atomic E-state index is 12.0. The molecule has 0 fully saturated rings. The third-order valence-corrected chi connectivity index (χ3v) is 2.83. The Morgan fingerprint density at radius 2 is 1.79 bits per heavy atom. The Balaban J connectivity index is 2.94. The van der Waals surface area contributed by atoms with Crippen LogP contribution >= 0.6 is 0 Å². The van der Waals surface area contributed by atoms with Crippen molar-refractivity contribution in [3.63, 3.8) is 0 Å². The van der Waals surface area contributed by atoms with Gasteiger partial charge in [0.2, 0.25) is 0 Å². The summed E-state index contributed by atoms with van der Waals surface area (Å²) in [5.74, 6) is 0. The maximum atomic E-state index is 12.0. The zero-order valence-corrected chi connectivity index (χ0v) is 10.1. The Hall–Kier alpha value is -0.380. The van der Waals surface area contributed by atoms with E-state index in [0.717, 1.165) is 6.54 Å². The summed E-state index contributed by atoms with van der Waals surface area (Å²) in [6.07, 6.45) is 2.10. The van der Waals surface area contributed by atoms with Gasteiger partial charge < -0.3 is 4.90 Å². The lowest BCUT2D eigenvalue weighted by atomic mass is 9.96. The van der Waals surface area contributed by atoms with E-state index in [1.165, 1.54) is 10.6 Å². The van der Waals surface area contributed by atoms with E-state index < -0.39 is 0 Å². The smallest absolute Gasteiger partial charge is 0.0668 e. The fraction of sp³-hybridized carbons (Fsp3) is 0.818. The van der Waals surface area contributed by atoms with Gasteiger partial charge in [-0.1, -0.05) is 6.08 Å². The van der Waals surface area contributed by atoms with Crippen molar-refractivity contribution in [3.05, 3.63) is 11.6 Å². The van der Waals surface area contributed by atoms with Crippen molar-refractivity contribution in [2.24, 2.45) is 0 Å². The molecule has 3 heteroatoms. The van der Waals surface area contributed by atoms with Crippen LogP contribution < -0.4 is 0 Å². The van der Waals surface area contributed by atoms with Crippen LogP contribution in [0.5, 0.6) is 0 Å². The monoisotopic (exact) mass is 197 g/mol. The first-order valence-corrected chi connectivity index (χ1v) is 5.02. The number of hydrogen-bond acceptors (Lipinski definition) is 2. The minimum Gasteiger partial charge on any atom is -0.305 e. The number of rotatable bonds is 2. The molecule has 0 bridgehead atoms. The summed E-state index contributed by atoms with van der Waals surface area (Å²) < 4.78 is 0. The van der Waals surface area contributed by atoms with E-state index in [9.17, 15) is 5.21 Å². The number of hydrogen-bond donors (Lipinski definition) is 0. The molecule has 1 aliphatic heterocycles. The van der Waals surface area contributed by atoms with Gasteiger partial charge in [-0.15, -0.1) is 10.3 Å². The van der Waals surface area contributed by atoms with Crippen molar-refractivity contribution in [1.82, 2.24) is 9.96 Å². The fourth-order valence-electron chi connectivity index (χ4n) is 2.09. The molecule has 1 aliphatic rings. The molecule has 81 valence electrons. The van der Waals surface area contributed by atoms with Crippen LogP contribution in [0, 0.1) is 0 Å². The molecule has 1 rings (SSSR count). The average Bonchev–Trinajstić information content (AvgIpc) is 2.12. The van der Waals surface area contributed by atoms with E-state index in [2.05, 4.69) is 11.0 Å². The van der Waals surface area contributed by atoms with E-state index in [-0.39, 0.29) is 11.1 Å². The standard InChI is InChI=1S/C11H21N2O/c1-10(2)7-9(8-12(5)6)11(3,4)13(10)14/h7H,8H2,1-6H3. The van der Waals surface area contributed by atoms with Gasteiger partial charge in [0.25, 0.3) is 0 Å². The second kappa shape index (κ2) is 3.33. The molecular weight excluding hydrogens is 176 g/mol. The summed E-state index contributed by atoms with van der Waals surface area (Å²) in [5.41, 5.74) is 0.477. The van der Waals surface area contributed by atoms with Crippen molar-refractivity contribution in [2.75, 3.05) is 20.6 Å². The quantitative estimate of drug-likeness (QED) is 0.630. The summed E-state index contributed by atoms with van der Waals surface area (Å²) in [5, 5.41) is 13.2. The first-order valence-electron chi connectivity index (χ1n) is 5.02. The molecule has 0 saturated heterocycles. The lowest BCUT2D eigenvalue weighted by molar-refractivity contribution is -0.238. The minimum atomic E-state index is -0.367. The molecule has 0 aliphatic carbocycles. The van der Waals surface area contributed by atoms with Crippen LogP contribution in [0.3, 0.4) is 0 Å².